The zero-order valence-electron chi connectivity index (χ0n) is 8.27. The predicted molar refractivity (Wildman–Crippen MR) is 58.2 cm³/mol. The molecule has 0 unspecified atom stereocenters. The number of aromatic nitrogens is 2. The fourth-order valence-electron chi connectivity index (χ4n) is 2.03. The van der Waals surface area contributed by atoms with Crippen LogP contribution in [-0.2, 0) is 13.0 Å². The molecule has 0 aliphatic heterocycles. The zero-order valence-corrected chi connectivity index (χ0v) is 8.27. The Balaban J connectivity index is 2.18. The van der Waals surface area contributed by atoms with Gasteiger partial charge < -0.3 is 5.73 Å². The number of hydrogen-bond donors (Lipinski definition) is 1. The summed E-state index contributed by atoms with van der Waals surface area (Å²) in [6.45, 7) is 0.406. The van der Waals surface area contributed by atoms with E-state index in [2.05, 4.69) is 28.2 Å². The van der Waals surface area contributed by atoms with Crippen LogP contribution in [-0.4, -0.2) is 9.97 Å². The second-order valence-corrected chi connectivity index (χ2v) is 3.68. The highest BCUT2D eigenvalue weighted by molar-refractivity contribution is 5.74. The van der Waals surface area contributed by atoms with Gasteiger partial charge in [-0.2, -0.15) is 0 Å². The predicted octanol–water partition coefficient (Wildman–Crippen LogP) is 1.51. The maximum absolute atomic E-state index is 5.52. The molecule has 0 saturated heterocycles. The molecule has 1 aromatic carbocycles. The fourth-order valence-corrected chi connectivity index (χ4v) is 2.03. The van der Waals surface area contributed by atoms with Gasteiger partial charge in [0.05, 0.1) is 12.2 Å². The van der Waals surface area contributed by atoms with Crippen molar-refractivity contribution in [3.05, 3.63) is 47.5 Å². The first-order valence-electron chi connectivity index (χ1n) is 5.01. The summed E-state index contributed by atoms with van der Waals surface area (Å²) in [4.78, 5) is 8.68. The monoisotopic (exact) mass is 197 g/mol. The second kappa shape index (κ2) is 3.14. The maximum Gasteiger partial charge on any atom is 0.142 e. The van der Waals surface area contributed by atoms with Gasteiger partial charge >= 0.3 is 0 Å². The van der Waals surface area contributed by atoms with Crippen molar-refractivity contribution in [2.75, 3.05) is 0 Å². The van der Waals surface area contributed by atoms with Crippen LogP contribution in [0.3, 0.4) is 0 Å². The summed E-state index contributed by atoms with van der Waals surface area (Å²) in [5.41, 5.74) is 10.4. The number of fused-ring (bicyclic) bond motifs is 3. The van der Waals surface area contributed by atoms with Crippen LogP contribution in [0.1, 0.15) is 17.1 Å². The first kappa shape index (κ1) is 8.56. The summed E-state index contributed by atoms with van der Waals surface area (Å²) in [6.07, 6.45) is 2.79. The SMILES string of the molecule is NCc1ncc2c(n1)Cc1ccccc1-2. The third-order valence-electron chi connectivity index (χ3n) is 2.77. The van der Waals surface area contributed by atoms with E-state index in [9.17, 15) is 0 Å². The van der Waals surface area contributed by atoms with E-state index in [-0.39, 0.29) is 0 Å². The highest BCUT2D eigenvalue weighted by Crippen LogP contribution is 2.34. The summed E-state index contributed by atoms with van der Waals surface area (Å²) in [7, 11) is 0. The Kier molecular flexibility index (Phi) is 1.79. The highest BCUT2D eigenvalue weighted by Gasteiger charge is 2.19. The molecule has 2 aromatic rings. The number of nitrogens with two attached hydrogens (primary N) is 1. The minimum atomic E-state index is 0.406. The lowest BCUT2D eigenvalue weighted by Crippen LogP contribution is -2.04. The Morgan fingerprint density at radius 3 is 2.93 bits per heavy atom. The molecule has 1 heterocycles. The standard InChI is InChI=1S/C12H11N3/c13-6-12-14-7-10-9-4-2-1-3-8(9)5-11(10)15-12/h1-4,7H,5-6,13H2. The lowest BCUT2D eigenvalue weighted by molar-refractivity contribution is 0.886. The van der Waals surface area contributed by atoms with Gasteiger partial charge in [-0.05, 0) is 11.1 Å². The quantitative estimate of drug-likeness (QED) is 0.643. The van der Waals surface area contributed by atoms with Crippen molar-refractivity contribution in [2.45, 2.75) is 13.0 Å². The molecule has 1 aromatic heterocycles. The molecule has 3 rings (SSSR count). The van der Waals surface area contributed by atoms with Crippen molar-refractivity contribution < 1.29 is 0 Å². The van der Waals surface area contributed by atoms with Crippen LogP contribution in [0.25, 0.3) is 11.1 Å². The Labute approximate surface area is 88.0 Å². The van der Waals surface area contributed by atoms with Crippen molar-refractivity contribution >= 4 is 0 Å². The van der Waals surface area contributed by atoms with E-state index in [1.165, 1.54) is 11.1 Å². The van der Waals surface area contributed by atoms with Crippen LogP contribution in [0.5, 0.6) is 0 Å². The number of benzene rings is 1. The van der Waals surface area contributed by atoms with Crippen molar-refractivity contribution in [3.63, 3.8) is 0 Å². The third-order valence-corrected chi connectivity index (χ3v) is 2.77. The molecule has 3 heteroatoms. The van der Waals surface area contributed by atoms with Gasteiger partial charge in [-0.3, -0.25) is 0 Å². The first-order valence-corrected chi connectivity index (χ1v) is 5.01. The van der Waals surface area contributed by atoms with E-state index < -0.39 is 0 Å². The maximum atomic E-state index is 5.52. The molecule has 0 bridgehead atoms. The second-order valence-electron chi connectivity index (χ2n) is 3.68. The Morgan fingerprint density at radius 1 is 1.20 bits per heavy atom. The summed E-state index contributed by atoms with van der Waals surface area (Å²) in [6, 6.07) is 8.36. The van der Waals surface area contributed by atoms with E-state index in [0.29, 0.717) is 6.54 Å². The molecule has 0 spiro atoms. The lowest BCUT2D eigenvalue weighted by atomic mass is 10.1. The van der Waals surface area contributed by atoms with Gasteiger partial charge in [0.25, 0.3) is 0 Å². The number of nitrogens with zero attached hydrogens (tertiary/aromatic N) is 2. The average molecular weight is 197 g/mol. The molecule has 74 valence electrons. The van der Waals surface area contributed by atoms with Gasteiger partial charge in [0.2, 0.25) is 0 Å². The van der Waals surface area contributed by atoms with Crippen molar-refractivity contribution in [1.29, 1.82) is 0 Å². The summed E-state index contributed by atoms with van der Waals surface area (Å²) < 4.78 is 0. The van der Waals surface area contributed by atoms with E-state index in [1.807, 2.05) is 12.3 Å². The van der Waals surface area contributed by atoms with Gasteiger partial charge in [0.15, 0.2) is 0 Å². The van der Waals surface area contributed by atoms with E-state index in [0.717, 1.165) is 23.5 Å². The van der Waals surface area contributed by atoms with Crippen LogP contribution in [0, 0.1) is 0 Å². The van der Waals surface area contributed by atoms with Gasteiger partial charge in [-0.25, -0.2) is 9.97 Å². The molecule has 0 atom stereocenters. The molecule has 0 saturated carbocycles. The minimum Gasteiger partial charge on any atom is -0.324 e. The van der Waals surface area contributed by atoms with Crippen LogP contribution in [0.4, 0.5) is 0 Å². The first-order chi connectivity index (χ1) is 7.38. The smallest absolute Gasteiger partial charge is 0.142 e. The summed E-state index contributed by atoms with van der Waals surface area (Å²) in [5.74, 6) is 0.724. The topological polar surface area (TPSA) is 51.8 Å². The molecular weight excluding hydrogens is 186 g/mol. The Bertz CT molecular complexity index is 520. The minimum absolute atomic E-state index is 0.406. The summed E-state index contributed by atoms with van der Waals surface area (Å²) in [5, 5.41) is 0. The van der Waals surface area contributed by atoms with E-state index in [4.69, 9.17) is 5.73 Å². The van der Waals surface area contributed by atoms with Crippen LogP contribution in [0.2, 0.25) is 0 Å². The summed E-state index contributed by atoms with van der Waals surface area (Å²) >= 11 is 0. The Hall–Kier alpha value is -1.74. The van der Waals surface area contributed by atoms with Crippen molar-refractivity contribution in [1.82, 2.24) is 9.97 Å². The molecule has 2 N–H and O–H groups in total. The van der Waals surface area contributed by atoms with Gasteiger partial charge in [0.1, 0.15) is 5.82 Å². The molecule has 0 fully saturated rings. The van der Waals surface area contributed by atoms with Gasteiger partial charge in [-0.15, -0.1) is 0 Å². The molecule has 1 aliphatic rings. The van der Waals surface area contributed by atoms with Crippen molar-refractivity contribution in [3.8, 4) is 11.1 Å². The van der Waals surface area contributed by atoms with Crippen LogP contribution < -0.4 is 5.73 Å². The third kappa shape index (κ3) is 1.24. The normalized spacial score (nSPS) is 12.3. The molecular formula is C12H11N3. The van der Waals surface area contributed by atoms with Crippen molar-refractivity contribution in [2.24, 2.45) is 5.73 Å². The lowest BCUT2D eigenvalue weighted by Gasteiger charge is -2.00. The van der Waals surface area contributed by atoms with Gasteiger partial charge in [-0.1, -0.05) is 24.3 Å². The largest absolute Gasteiger partial charge is 0.324 e. The molecule has 15 heavy (non-hydrogen) atoms. The molecule has 1 aliphatic carbocycles. The number of hydrogen-bond acceptors (Lipinski definition) is 3. The zero-order chi connectivity index (χ0) is 10.3. The van der Waals surface area contributed by atoms with Crippen LogP contribution in [0.15, 0.2) is 30.5 Å². The molecule has 0 amide bonds. The average Bonchev–Trinajstić information content (AvgIpc) is 2.66. The Morgan fingerprint density at radius 2 is 2.07 bits per heavy atom. The molecule has 3 nitrogen and oxygen atoms in total. The molecule has 0 radical (unpaired) electrons. The van der Waals surface area contributed by atoms with Gasteiger partial charge in [0, 0.05) is 18.2 Å². The number of rotatable bonds is 1. The fraction of sp³-hybridized carbons (Fsp3) is 0.167. The van der Waals surface area contributed by atoms with Crippen LogP contribution >= 0.6 is 0 Å². The van der Waals surface area contributed by atoms with E-state index in [1.54, 1.807) is 0 Å². The highest BCUT2D eigenvalue weighted by atomic mass is 14.9. The van der Waals surface area contributed by atoms with E-state index >= 15 is 0 Å².